The fourth-order valence-corrected chi connectivity index (χ4v) is 3.52. The van der Waals surface area contributed by atoms with E-state index in [1.807, 2.05) is 37.3 Å². The number of fused-ring (bicyclic) bond motifs is 1. The van der Waals surface area contributed by atoms with E-state index in [-0.39, 0.29) is 22.8 Å². The molecule has 0 aliphatic carbocycles. The van der Waals surface area contributed by atoms with Gasteiger partial charge in [-0.2, -0.15) is 5.10 Å². The molecule has 1 amide bonds. The molecule has 0 unspecified atom stereocenters. The van der Waals surface area contributed by atoms with Gasteiger partial charge in [0.2, 0.25) is 0 Å². The van der Waals surface area contributed by atoms with Gasteiger partial charge in [0, 0.05) is 29.1 Å². The molecule has 0 radical (unpaired) electrons. The Morgan fingerprint density at radius 1 is 0.969 bits per heavy atom. The standard InChI is InChI=1S/C25H22N2O5/c1-14(26-27-25(31)20-6-5-19(28)13-23(20)30)9-16-3-7-22(29)21(11-16)17-4-8-24-18(12-17)10-15(2)32-24/h3-8,10-13,28-30H,9H2,1-2H3,(H,27,31). The zero-order chi connectivity index (χ0) is 22.8. The Morgan fingerprint density at radius 2 is 1.78 bits per heavy atom. The fourth-order valence-electron chi connectivity index (χ4n) is 3.52. The number of hydrazone groups is 1. The summed E-state index contributed by atoms with van der Waals surface area (Å²) in [6.45, 7) is 3.66. The minimum atomic E-state index is -0.586. The molecule has 0 bridgehead atoms. The molecular formula is C25H22N2O5. The summed E-state index contributed by atoms with van der Waals surface area (Å²) >= 11 is 0. The summed E-state index contributed by atoms with van der Waals surface area (Å²) in [6, 6.07) is 16.7. The van der Waals surface area contributed by atoms with Gasteiger partial charge in [-0.25, -0.2) is 5.43 Å². The van der Waals surface area contributed by atoms with Gasteiger partial charge in [-0.15, -0.1) is 0 Å². The third-order valence-electron chi connectivity index (χ3n) is 5.05. The second-order valence-corrected chi connectivity index (χ2v) is 7.63. The molecule has 0 aliphatic heterocycles. The first-order chi connectivity index (χ1) is 15.3. The molecule has 7 heteroatoms. The van der Waals surface area contributed by atoms with Gasteiger partial charge in [0.15, 0.2) is 0 Å². The molecular weight excluding hydrogens is 408 g/mol. The summed E-state index contributed by atoms with van der Waals surface area (Å²) in [5.74, 6) is -0.0622. The number of amides is 1. The molecule has 0 saturated carbocycles. The molecule has 4 aromatic rings. The average molecular weight is 430 g/mol. The Morgan fingerprint density at radius 3 is 2.56 bits per heavy atom. The van der Waals surface area contributed by atoms with Crippen molar-refractivity contribution in [1.29, 1.82) is 0 Å². The van der Waals surface area contributed by atoms with Crippen LogP contribution in [-0.4, -0.2) is 26.9 Å². The van der Waals surface area contributed by atoms with Gasteiger partial charge in [0.05, 0.1) is 5.56 Å². The second kappa shape index (κ2) is 8.47. The first kappa shape index (κ1) is 21.0. The van der Waals surface area contributed by atoms with Crippen molar-refractivity contribution in [1.82, 2.24) is 5.43 Å². The zero-order valence-electron chi connectivity index (χ0n) is 17.6. The number of benzene rings is 3. The first-order valence-electron chi connectivity index (χ1n) is 9.98. The molecule has 1 heterocycles. The Hall–Kier alpha value is -4.26. The number of phenolic OH excluding ortho intramolecular Hbond substituents is 3. The Labute approximate surface area is 184 Å². The van der Waals surface area contributed by atoms with Crippen molar-refractivity contribution in [3.8, 4) is 28.4 Å². The number of aromatic hydroxyl groups is 3. The van der Waals surface area contributed by atoms with E-state index in [2.05, 4.69) is 10.5 Å². The fraction of sp³-hybridized carbons (Fsp3) is 0.120. The molecule has 0 aliphatic rings. The van der Waals surface area contributed by atoms with Crippen molar-refractivity contribution in [2.75, 3.05) is 0 Å². The van der Waals surface area contributed by atoms with Crippen LogP contribution in [0, 0.1) is 6.92 Å². The molecule has 0 spiro atoms. The lowest BCUT2D eigenvalue weighted by molar-refractivity contribution is 0.0952. The van der Waals surface area contributed by atoms with Crippen LogP contribution < -0.4 is 5.43 Å². The van der Waals surface area contributed by atoms with Crippen molar-refractivity contribution in [2.24, 2.45) is 5.10 Å². The topological polar surface area (TPSA) is 115 Å². The number of phenols is 3. The van der Waals surface area contributed by atoms with E-state index < -0.39 is 5.91 Å². The molecule has 4 N–H and O–H groups in total. The third kappa shape index (κ3) is 4.41. The highest BCUT2D eigenvalue weighted by Crippen LogP contribution is 2.33. The first-order valence-corrected chi connectivity index (χ1v) is 9.98. The number of rotatable bonds is 5. The van der Waals surface area contributed by atoms with Crippen molar-refractivity contribution in [2.45, 2.75) is 20.3 Å². The van der Waals surface area contributed by atoms with Gasteiger partial charge >= 0.3 is 0 Å². The van der Waals surface area contributed by atoms with Gasteiger partial charge in [-0.3, -0.25) is 4.79 Å². The van der Waals surface area contributed by atoms with E-state index in [0.29, 0.717) is 17.7 Å². The van der Waals surface area contributed by atoms with Crippen LogP contribution in [-0.2, 0) is 6.42 Å². The van der Waals surface area contributed by atoms with Crippen molar-refractivity contribution in [3.05, 3.63) is 77.6 Å². The highest BCUT2D eigenvalue weighted by atomic mass is 16.3. The molecule has 4 rings (SSSR count). The molecule has 0 fully saturated rings. The predicted molar refractivity (Wildman–Crippen MR) is 122 cm³/mol. The second-order valence-electron chi connectivity index (χ2n) is 7.63. The van der Waals surface area contributed by atoms with Gasteiger partial charge < -0.3 is 19.7 Å². The zero-order valence-corrected chi connectivity index (χ0v) is 17.6. The van der Waals surface area contributed by atoms with Crippen LogP contribution >= 0.6 is 0 Å². The van der Waals surface area contributed by atoms with Crippen LogP contribution in [0.5, 0.6) is 17.2 Å². The smallest absolute Gasteiger partial charge is 0.275 e. The summed E-state index contributed by atoms with van der Waals surface area (Å²) < 4.78 is 5.62. The van der Waals surface area contributed by atoms with E-state index in [9.17, 15) is 20.1 Å². The quantitative estimate of drug-likeness (QED) is 0.266. The molecule has 7 nitrogen and oxygen atoms in total. The summed E-state index contributed by atoms with van der Waals surface area (Å²) in [7, 11) is 0. The average Bonchev–Trinajstić information content (AvgIpc) is 3.12. The number of carbonyl (C=O) groups is 1. The summed E-state index contributed by atoms with van der Waals surface area (Å²) in [4.78, 5) is 12.2. The van der Waals surface area contributed by atoms with Gasteiger partial charge in [0.25, 0.3) is 5.91 Å². The normalized spacial score (nSPS) is 11.6. The van der Waals surface area contributed by atoms with Gasteiger partial charge in [0.1, 0.15) is 28.6 Å². The highest BCUT2D eigenvalue weighted by molar-refractivity contribution is 5.98. The van der Waals surface area contributed by atoms with Gasteiger partial charge in [-0.1, -0.05) is 12.1 Å². The number of nitrogens with zero attached hydrogens (tertiary/aromatic N) is 1. The van der Waals surface area contributed by atoms with Crippen LogP contribution in [0.3, 0.4) is 0 Å². The minimum absolute atomic E-state index is 0.0103. The van der Waals surface area contributed by atoms with Crippen molar-refractivity contribution in [3.63, 3.8) is 0 Å². The van der Waals surface area contributed by atoms with Gasteiger partial charge in [-0.05, 0) is 67.4 Å². The summed E-state index contributed by atoms with van der Waals surface area (Å²) in [6.07, 6.45) is 0.447. The summed E-state index contributed by atoms with van der Waals surface area (Å²) in [5, 5.41) is 34.6. The molecule has 3 aromatic carbocycles. The van der Waals surface area contributed by atoms with Crippen LogP contribution in [0.15, 0.2) is 70.2 Å². The van der Waals surface area contributed by atoms with Crippen LogP contribution in [0.2, 0.25) is 0 Å². The van der Waals surface area contributed by atoms with Crippen molar-refractivity contribution >= 4 is 22.6 Å². The highest BCUT2D eigenvalue weighted by Gasteiger charge is 2.12. The lowest BCUT2D eigenvalue weighted by atomic mass is 9.99. The number of aryl methyl sites for hydroxylation is 1. The number of hydrogen-bond acceptors (Lipinski definition) is 6. The van der Waals surface area contributed by atoms with E-state index in [1.54, 1.807) is 19.1 Å². The van der Waals surface area contributed by atoms with Crippen LogP contribution in [0.4, 0.5) is 0 Å². The van der Waals surface area contributed by atoms with E-state index >= 15 is 0 Å². The monoisotopic (exact) mass is 430 g/mol. The Balaban J connectivity index is 1.52. The lowest BCUT2D eigenvalue weighted by Crippen LogP contribution is -2.19. The SMILES string of the molecule is CC(Cc1ccc(O)c(-c2ccc3oc(C)cc3c2)c1)=NNC(=O)c1ccc(O)cc1O. The molecule has 162 valence electrons. The minimum Gasteiger partial charge on any atom is -0.508 e. The number of nitrogens with one attached hydrogen (secondary N) is 1. The molecule has 0 saturated heterocycles. The Kier molecular flexibility index (Phi) is 5.55. The number of carbonyl (C=O) groups excluding carboxylic acids is 1. The maximum atomic E-state index is 12.2. The Bertz CT molecular complexity index is 1350. The van der Waals surface area contributed by atoms with E-state index in [1.165, 1.54) is 12.1 Å². The van der Waals surface area contributed by atoms with Crippen LogP contribution in [0.25, 0.3) is 22.1 Å². The lowest BCUT2D eigenvalue weighted by Gasteiger charge is -2.09. The number of hydrogen-bond donors (Lipinski definition) is 4. The van der Waals surface area contributed by atoms with E-state index in [0.717, 1.165) is 33.9 Å². The maximum Gasteiger partial charge on any atom is 0.275 e. The largest absolute Gasteiger partial charge is 0.508 e. The summed E-state index contributed by atoms with van der Waals surface area (Å²) in [5.41, 5.74) is 6.30. The molecule has 0 atom stereocenters. The molecule has 32 heavy (non-hydrogen) atoms. The van der Waals surface area contributed by atoms with E-state index in [4.69, 9.17) is 4.42 Å². The third-order valence-corrected chi connectivity index (χ3v) is 5.05. The molecule has 1 aromatic heterocycles. The number of furan rings is 1. The predicted octanol–water partition coefficient (Wildman–Crippen LogP) is 4.87. The van der Waals surface area contributed by atoms with Crippen LogP contribution in [0.1, 0.15) is 28.6 Å². The maximum absolute atomic E-state index is 12.2. The van der Waals surface area contributed by atoms with Crippen molar-refractivity contribution < 1.29 is 24.5 Å².